The van der Waals surface area contributed by atoms with Crippen LogP contribution in [-0.4, -0.2) is 88.0 Å². The quantitative estimate of drug-likeness (QED) is 0.337. The smallest absolute Gasteiger partial charge is 0.410 e. The number of hydrogen-bond donors (Lipinski definition) is 1. The molecule has 182 valence electrons. The largest absolute Gasteiger partial charge is 0.492 e. The number of benzene rings is 1. The molecular weight excluding hydrogens is 418 g/mol. The van der Waals surface area contributed by atoms with E-state index >= 15 is 0 Å². The van der Waals surface area contributed by atoms with Gasteiger partial charge in [0.2, 0.25) is 0 Å². The van der Waals surface area contributed by atoms with Crippen LogP contribution in [0.15, 0.2) is 24.3 Å². The van der Waals surface area contributed by atoms with Gasteiger partial charge in [-0.15, -0.1) is 0 Å². The molecule has 1 amide bonds. The van der Waals surface area contributed by atoms with Gasteiger partial charge in [-0.05, 0) is 31.0 Å². The molecule has 1 atom stereocenters. The van der Waals surface area contributed by atoms with E-state index in [0.29, 0.717) is 45.3 Å². The Labute approximate surface area is 190 Å². The number of rotatable bonds is 18. The second kappa shape index (κ2) is 17.2. The molecule has 0 aliphatic carbocycles. The van der Waals surface area contributed by atoms with Crippen LogP contribution in [0.4, 0.5) is 4.79 Å². The first-order valence-corrected chi connectivity index (χ1v) is 11.1. The van der Waals surface area contributed by atoms with Crippen molar-refractivity contribution in [1.29, 1.82) is 0 Å². The fourth-order valence-corrected chi connectivity index (χ4v) is 2.75. The average molecular weight is 456 g/mol. The summed E-state index contributed by atoms with van der Waals surface area (Å²) in [4.78, 5) is 25.1. The number of methoxy groups -OCH3 is 1. The van der Waals surface area contributed by atoms with Crippen LogP contribution in [-0.2, 0) is 30.2 Å². The third-order valence-corrected chi connectivity index (χ3v) is 4.54. The second-order valence-corrected chi connectivity index (χ2v) is 7.04. The topological polar surface area (TPSA) is 104 Å². The number of carbonyl (C=O) groups excluding carboxylic acids is 1. The maximum Gasteiger partial charge on any atom is 0.410 e. The molecule has 0 aromatic heterocycles. The van der Waals surface area contributed by atoms with E-state index in [2.05, 4.69) is 6.92 Å². The summed E-state index contributed by atoms with van der Waals surface area (Å²) in [6.45, 7) is 6.84. The van der Waals surface area contributed by atoms with E-state index in [4.69, 9.17) is 23.7 Å². The Hall–Kier alpha value is -2.36. The zero-order valence-corrected chi connectivity index (χ0v) is 19.4. The van der Waals surface area contributed by atoms with Crippen molar-refractivity contribution in [3.63, 3.8) is 0 Å². The number of carbonyl (C=O) groups is 2. The Morgan fingerprint density at radius 2 is 1.72 bits per heavy atom. The zero-order chi connectivity index (χ0) is 23.6. The fourth-order valence-electron chi connectivity index (χ4n) is 2.75. The SMILES string of the molecule is CCCCOCCN(CCOc1ccc(CC(OCC)C(=O)O)cc1)C(=O)OCCOC. The minimum absolute atomic E-state index is 0.184. The van der Waals surface area contributed by atoms with Crippen molar-refractivity contribution in [2.75, 3.05) is 59.8 Å². The average Bonchev–Trinajstić information content (AvgIpc) is 2.78. The maximum atomic E-state index is 12.3. The summed E-state index contributed by atoms with van der Waals surface area (Å²) < 4.78 is 26.7. The summed E-state index contributed by atoms with van der Waals surface area (Å²) in [6, 6.07) is 7.16. The van der Waals surface area contributed by atoms with Crippen molar-refractivity contribution in [3.05, 3.63) is 29.8 Å². The molecule has 0 aliphatic rings. The van der Waals surface area contributed by atoms with E-state index < -0.39 is 18.2 Å². The highest BCUT2D eigenvalue weighted by Crippen LogP contribution is 2.15. The Morgan fingerprint density at radius 3 is 2.34 bits per heavy atom. The Balaban J connectivity index is 2.52. The van der Waals surface area contributed by atoms with Crippen LogP contribution in [0.3, 0.4) is 0 Å². The molecule has 0 radical (unpaired) electrons. The minimum Gasteiger partial charge on any atom is -0.492 e. The van der Waals surface area contributed by atoms with Gasteiger partial charge in [-0.2, -0.15) is 0 Å². The second-order valence-electron chi connectivity index (χ2n) is 7.04. The number of amides is 1. The van der Waals surface area contributed by atoms with Crippen LogP contribution in [0, 0.1) is 0 Å². The Morgan fingerprint density at radius 1 is 1.00 bits per heavy atom. The van der Waals surface area contributed by atoms with Gasteiger partial charge in [-0.25, -0.2) is 9.59 Å². The van der Waals surface area contributed by atoms with Gasteiger partial charge in [-0.1, -0.05) is 25.5 Å². The molecule has 0 saturated carbocycles. The summed E-state index contributed by atoms with van der Waals surface area (Å²) in [5.74, 6) is -0.354. The Kier molecular flexibility index (Phi) is 14.9. The summed E-state index contributed by atoms with van der Waals surface area (Å²) in [7, 11) is 1.55. The Bertz CT molecular complexity index is 637. The summed E-state index contributed by atoms with van der Waals surface area (Å²) >= 11 is 0. The number of ether oxygens (including phenoxy) is 5. The lowest BCUT2D eigenvalue weighted by Crippen LogP contribution is -2.38. The molecule has 1 aromatic carbocycles. The third-order valence-electron chi connectivity index (χ3n) is 4.54. The first kappa shape index (κ1) is 27.7. The molecule has 0 spiro atoms. The van der Waals surface area contributed by atoms with Crippen molar-refractivity contribution in [1.82, 2.24) is 4.90 Å². The van der Waals surface area contributed by atoms with Crippen molar-refractivity contribution in [2.24, 2.45) is 0 Å². The number of carboxylic acid groups (broad SMARTS) is 1. The van der Waals surface area contributed by atoms with Gasteiger partial charge in [0.05, 0.1) is 19.8 Å². The van der Waals surface area contributed by atoms with E-state index in [1.165, 1.54) is 0 Å². The highest BCUT2D eigenvalue weighted by molar-refractivity contribution is 5.72. The van der Waals surface area contributed by atoms with Crippen molar-refractivity contribution in [3.8, 4) is 5.75 Å². The lowest BCUT2D eigenvalue weighted by atomic mass is 10.1. The lowest BCUT2D eigenvalue weighted by molar-refractivity contribution is -0.149. The molecule has 9 nitrogen and oxygen atoms in total. The van der Waals surface area contributed by atoms with Gasteiger partial charge in [0.15, 0.2) is 6.10 Å². The fraction of sp³-hybridized carbons (Fsp3) is 0.652. The van der Waals surface area contributed by atoms with Crippen molar-refractivity contribution >= 4 is 12.1 Å². The maximum absolute atomic E-state index is 12.3. The molecule has 1 unspecified atom stereocenters. The van der Waals surface area contributed by atoms with Crippen LogP contribution in [0.25, 0.3) is 0 Å². The molecule has 0 saturated heterocycles. The van der Waals surface area contributed by atoms with E-state index in [9.17, 15) is 14.7 Å². The standard InChI is InChI=1S/C23H37NO8/c1-4-6-13-29-14-11-24(23(27)32-17-16-28-3)12-15-31-20-9-7-19(8-10-20)18-21(22(25)26)30-5-2/h7-10,21H,4-6,11-18H2,1-3H3,(H,25,26). The minimum atomic E-state index is -0.983. The first-order valence-electron chi connectivity index (χ1n) is 11.1. The predicted octanol–water partition coefficient (Wildman–Crippen LogP) is 3.00. The van der Waals surface area contributed by atoms with Gasteiger partial charge in [0, 0.05) is 33.3 Å². The number of hydrogen-bond acceptors (Lipinski definition) is 7. The molecule has 1 aromatic rings. The van der Waals surface area contributed by atoms with E-state index in [1.54, 1.807) is 31.1 Å². The van der Waals surface area contributed by atoms with Crippen LogP contribution in [0.5, 0.6) is 5.75 Å². The summed E-state index contributed by atoms with van der Waals surface area (Å²) in [5.41, 5.74) is 0.839. The monoisotopic (exact) mass is 455 g/mol. The van der Waals surface area contributed by atoms with Crippen molar-refractivity contribution < 1.29 is 38.4 Å². The van der Waals surface area contributed by atoms with Crippen LogP contribution in [0.1, 0.15) is 32.3 Å². The summed E-state index contributed by atoms with van der Waals surface area (Å²) in [5, 5.41) is 9.20. The van der Waals surface area contributed by atoms with E-state index in [0.717, 1.165) is 18.4 Å². The number of carboxylic acids is 1. The highest BCUT2D eigenvalue weighted by Gasteiger charge is 2.18. The summed E-state index contributed by atoms with van der Waals surface area (Å²) in [6.07, 6.45) is 1.01. The molecule has 1 N–H and O–H groups in total. The number of unbranched alkanes of at least 4 members (excludes halogenated alkanes) is 1. The number of nitrogens with zero attached hydrogens (tertiary/aromatic N) is 1. The highest BCUT2D eigenvalue weighted by atomic mass is 16.6. The normalized spacial score (nSPS) is 11.7. The zero-order valence-electron chi connectivity index (χ0n) is 19.4. The molecule has 32 heavy (non-hydrogen) atoms. The van der Waals surface area contributed by atoms with Crippen LogP contribution < -0.4 is 4.74 Å². The lowest BCUT2D eigenvalue weighted by Gasteiger charge is -2.22. The van der Waals surface area contributed by atoms with Gasteiger partial charge < -0.3 is 33.7 Å². The first-order chi connectivity index (χ1) is 15.5. The molecule has 1 rings (SSSR count). The molecule has 0 heterocycles. The van der Waals surface area contributed by atoms with E-state index in [-0.39, 0.29) is 19.6 Å². The van der Waals surface area contributed by atoms with Gasteiger partial charge in [-0.3, -0.25) is 0 Å². The molecular formula is C23H37NO8. The van der Waals surface area contributed by atoms with Crippen LogP contribution in [0.2, 0.25) is 0 Å². The molecule has 9 heteroatoms. The van der Waals surface area contributed by atoms with E-state index in [1.807, 2.05) is 12.1 Å². The molecule has 0 fully saturated rings. The third kappa shape index (κ3) is 11.9. The predicted molar refractivity (Wildman–Crippen MR) is 119 cm³/mol. The molecule has 0 aliphatic heterocycles. The van der Waals surface area contributed by atoms with Crippen molar-refractivity contribution in [2.45, 2.75) is 39.2 Å². The van der Waals surface area contributed by atoms with Gasteiger partial charge in [0.25, 0.3) is 0 Å². The van der Waals surface area contributed by atoms with Gasteiger partial charge in [0.1, 0.15) is 19.0 Å². The number of aliphatic carboxylic acids is 1. The van der Waals surface area contributed by atoms with Gasteiger partial charge >= 0.3 is 12.1 Å². The van der Waals surface area contributed by atoms with Crippen LogP contribution >= 0.6 is 0 Å². The molecule has 0 bridgehead atoms.